The maximum absolute atomic E-state index is 13.6. The molecule has 3 atom stereocenters. The zero-order chi connectivity index (χ0) is 20.5. The Balaban J connectivity index is 1.32. The fourth-order valence-electron chi connectivity index (χ4n) is 5.09. The number of likely N-dealkylation sites (tertiary alicyclic amines) is 1. The quantitative estimate of drug-likeness (QED) is 0.736. The second kappa shape index (κ2) is 8.23. The van der Waals surface area contributed by atoms with Crippen LogP contribution in [0.2, 0.25) is 0 Å². The molecule has 1 saturated carbocycles. The molecular weight excluding hydrogens is 376 g/mol. The van der Waals surface area contributed by atoms with E-state index in [0.717, 1.165) is 25.2 Å². The average Bonchev–Trinajstić information content (AvgIpc) is 3.43. The van der Waals surface area contributed by atoms with Crippen LogP contribution < -0.4 is 0 Å². The van der Waals surface area contributed by atoms with Gasteiger partial charge in [-0.05, 0) is 42.2 Å². The molecule has 0 radical (unpaired) electrons. The highest BCUT2D eigenvalue weighted by molar-refractivity contribution is 5.95. The Morgan fingerprint density at radius 3 is 2.27 bits per heavy atom. The van der Waals surface area contributed by atoms with Gasteiger partial charge in [0, 0.05) is 19.6 Å². The number of amides is 2. The van der Waals surface area contributed by atoms with Crippen molar-refractivity contribution >= 4 is 12.0 Å². The maximum Gasteiger partial charge on any atom is 0.416 e. The van der Waals surface area contributed by atoms with Crippen LogP contribution in [0.3, 0.4) is 0 Å². The van der Waals surface area contributed by atoms with Gasteiger partial charge in [-0.15, -0.1) is 0 Å². The minimum atomic E-state index is -0.475. The number of benzene rings is 2. The molecule has 2 amide bonds. The van der Waals surface area contributed by atoms with E-state index in [4.69, 9.17) is 4.74 Å². The van der Waals surface area contributed by atoms with E-state index in [2.05, 4.69) is 29.2 Å². The molecule has 3 aliphatic rings. The second-order valence-electron chi connectivity index (χ2n) is 8.92. The number of carbonyl (C=O) groups excluding carboxylic acids is 2. The molecule has 156 valence electrons. The van der Waals surface area contributed by atoms with Gasteiger partial charge in [0.05, 0.1) is 12.0 Å². The van der Waals surface area contributed by atoms with E-state index in [1.807, 2.05) is 36.4 Å². The largest absolute Gasteiger partial charge is 0.447 e. The molecule has 2 saturated heterocycles. The van der Waals surface area contributed by atoms with Gasteiger partial charge in [-0.3, -0.25) is 9.69 Å². The van der Waals surface area contributed by atoms with Gasteiger partial charge in [-0.25, -0.2) is 9.69 Å². The molecule has 0 bridgehead atoms. The minimum absolute atomic E-state index is 0.0362. The fraction of sp³-hybridized carbons (Fsp3) is 0.440. The van der Waals surface area contributed by atoms with Crippen molar-refractivity contribution in [1.82, 2.24) is 9.80 Å². The van der Waals surface area contributed by atoms with Crippen molar-refractivity contribution in [3.05, 3.63) is 71.8 Å². The van der Waals surface area contributed by atoms with Gasteiger partial charge in [0.2, 0.25) is 5.91 Å². The molecule has 0 spiro atoms. The molecule has 5 heteroatoms. The summed E-state index contributed by atoms with van der Waals surface area (Å²) in [5.41, 5.74) is 2.39. The van der Waals surface area contributed by atoms with Crippen LogP contribution >= 0.6 is 0 Å². The number of carbonyl (C=O) groups is 2. The van der Waals surface area contributed by atoms with Crippen LogP contribution in [-0.2, 0) is 22.5 Å². The Labute approximate surface area is 177 Å². The normalized spacial score (nSPS) is 26.7. The smallest absolute Gasteiger partial charge is 0.416 e. The summed E-state index contributed by atoms with van der Waals surface area (Å²) in [6.07, 6.45) is 2.57. The Bertz CT molecular complexity index is 897. The Morgan fingerprint density at radius 1 is 0.933 bits per heavy atom. The number of imide groups is 1. The van der Waals surface area contributed by atoms with Gasteiger partial charge in [-0.2, -0.15) is 0 Å². The summed E-state index contributed by atoms with van der Waals surface area (Å²) >= 11 is 0. The summed E-state index contributed by atoms with van der Waals surface area (Å²) in [4.78, 5) is 29.9. The van der Waals surface area contributed by atoms with Crippen LogP contribution in [0.25, 0.3) is 0 Å². The summed E-state index contributed by atoms with van der Waals surface area (Å²) < 4.78 is 5.32. The predicted molar refractivity (Wildman–Crippen MR) is 114 cm³/mol. The standard InChI is InChI=1S/C25H28N2O3/c28-24(27-21(17-30-25(27)29)13-18-7-3-1-4-8-18)23-16-26(15-22(23)20-11-12-20)14-19-9-5-2-6-10-19/h1-10,20-23H,11-17H2. The number of ether oxygens (including phenoxy) is 1. The van der Waals surface area contributed by atoms with Gasteiger partial charge < -0.3 is 4.74 Å². The molecule has 30 heavy (non-hydrogen) atoms. The second-order valence-corrected chi connectivity index (χ2v) is 8.92. The van der Waals surface area contributed by atoms with Crippen LogP contribution in [-0.4, -0.2) is 47.5 Å². The van der Waals surface area contributed by atoms with Crippen LogP contribution in [0, 0.1) is 17.8 Å². The Hall–Kier alpha value is -2.66. The fourth-order valence-corrected chi connectivity index (χ4v) is 5.09. The van der Waals surface area contributed by atoms with Crippen LogP contribution in [0.4, 0.5) is 4.79 Å². The molecule has 0 N–H and O–H groups in total. The van der Waals surface area contributed by atoms with E-state index in [1.54, 1.807) is 0 Å². The number of rotatable bonds is 6. The van der Waals surface area contributed by atoms with Crippen molar-refractivity contribution in [3.8, 4) is 0 Å². The lowest BCUT2D eigenvalue weighted by molar-refractivity contribution is -0.134. The third-order valence-electron chi connectivity index (χ3n) is 6.75. The van der Waals surface area contributed by atoms with Crippen LogP contribution in [0.1, 0.15) is 24.0 Å². The predicted octanol–water partition coefficient (Wildman–Crippen LogP) is 3.73. The summed E-state index contributed by atoms with van der Waals surface area (Å²) in [7, 11) is 0. The Kier molecular flexibility index (Phi) is 5.30. The summed E-state index contributed by atoms with van der Waals surface area (Å²) in [5.74, 6) is 0.800. The molecule has 2 aromatic carbocycles. The highest BCUT2D eigenvalue weighted by atomic mass is 16.6. The zero-order valence-corrected chi connectivity index (χ0v) is 17.2. The van der Waals surface area contributed by atoms with E-state index in [0.29, 0.717) is 18.3 Å². The average molecular weight is 405 g/mol. The van der Waals surface area contributed by atoms with Crippen LogP contribution in [0.5, 0.6) is 0 Å². The van der Waals surface area contributed by atoms with Gasteiger partial charge in [0.25, 0.3) is 0 Å². The summed E-state index contributed by atoms with van der Waals surface area (Å²) in [5, 5.41) is 0. The van der Waals surface area contributed by atoms with E-state index >= 15 is 0 Å². The number of hydrogen-bond acceptors (Lipinski definition) is 4. The lowest BCUT2D eigenvalue weighted by atomic mass is 9.90. The molecule has 3 fully saturated rings. The monoisotopic (exact) mass is 404 g/mol. The van der Waals surface area contributed by atoms with Gasteiger partial charge in [-0.1, -0.05) is 60.7 Å². The molecule has 3 unspecified atom stereocenters. The lowest BCUT2D eigenvalue weighted by Crippen LogP contribution is -2.45. The van der Waals surface area contributed by atoms with E-state index in [1.165, 1.54) is 23.3 Å². The summed E-state index contributed by atoms with van der Waals surface area (Å²) in [6.45, 7) is 2.79. The SMILES string of the molecule is O=C1OCC(Cc2ccccc2)N1C(=O)C1CN(Cc2ccccc2)CC1C1CC1. The van der Waals surface area contributed by atoms with Crippen molar-refractivity contribution in [3.63, 3.8) is 0 Å². The molecule has 2 heterocycles. The van der Waals surface area contributed by atoms with E-state index in [9.17, 15) is 9.59 Å². The van der Waals surface area contributed by atoms with Gasteiger partial charge >= 0.3 is 6.09 Å². The zero-order valence-electron chi connectivity index (χ0n) is 17.2. The highest BCUT2D eigenvalue weighted by Gasteiger charge is 2.50. The first-order chi connectivity index (χ1) is 14.7. The van der Waals surface area contributed by atoms with E-state index < -0.39 is 6.09 Å². The van der Waals surface area contributed by atoms with Crippen molar-refractivity contribution in [1.29, 1.82) is 0 Å². The van der Waals surface area contributed by atoms with Gasteiger partial charge in [0.1, 0.15) is 6.61 Å². The molecular formula is C25H28N2O3. The molecule has 2 aliphatic heterocycles. The third-order valence-corrected chi connectivity index (χ3v) is 6.75. The first kappa shape index (κ1) is 19.3. The molecule has 2 aromatic rings. The molecule has 5 nitrogen and oxygen atoms in total. The number of nitrogens with zero attached hydrogens (tertiary/aromatic N) is 2. The first-order valence-electron chi connectivity index (χ1n) is 11.0. The van der Waals surface area contributed by atoms with Crippen molar-refractivity contribution in [2.24, 2.45) is 17.8 Å². The highest BCUT2D eigenvalue weighted by Crippen LogP contribution is 2.45. The number of hydrogen-bond donors (Lipinski definition) is 0. The van der Waals surface area contributed by atoms with Crippen molar-refractivity contribution in [2.45, 2.75) is 31.8 Å². The molecule has 1 aliphatic carbocycles. The summed E-state index contributed by atoms with van der Waals surface area (Å²) in [6, 6.07) is 20.2. The maximum atomic E-state index is 13.6. The molecule has 0 aromatic heterocycles. The third kappa shape index (κ3) is 3.99. The Morgan fingerprint density at radius 2 is 1.60 bits per heavy atom. The van der Waals surface area contributed by atoms with Crippen molar-refractivity contribution in [2.75, 3.05) is 19.7 Å². The van der Waals surface area contributed by atoms with Crippen LogP contribution in [0.15, 0.2) is 60.7 Å². The van der Waals surface area contributed by atoms with Crippen molar-refractivity contribution < 1.29 is 14.3 Å². The lowest BCUT2D eigenvalue weighted by Gasteiger charge is -2.25. The van der Waals surface area contributed by atoms with E-state index in [-0.39, 0.29) is 24.5 Å². The van der Waals surface area contributed by atoms with Gasteiger partial charge in [0.15, 0.2) is 0 Å². The number of cyclic esters (lactones) is 1. The first-order valence-corrected chi connectivity index (χ1v) is 11.0. The minimum Gasteiger partial charge on any atom is -0.447 e. The topological polar surface area (TPSA) is 49.9 Å². The molecule has 5 rings (SSSR count).